The van der Waals surface area contributed by atoms with Crippen molar-refractivity contribution >= 4 is 28.1 Å². The van der Waals surface area contributed by atoms with Gasteiger partial charge >= 0.3 is 5.63 Å². The summed E-state index contributed by atoms with van der Waals surface area (Å²) in [5.41, 5.74) is 1.42. The fourth-order valence-corrected chi connectivity index (χ4v) is 2.22. The van der Waals surface area contributed by atoms with E-state index >= 15 is 0 Å². The average molecular weight is 308 g/mol. The van der Waals surface area contributed by atoms with Gasteiger partial charge in [-0.15, -0.1) is 0 Å². The highest BCUT2D eigenvalue weighted by Gasteiger charge is 2.09. The van der Waals surface area contributed by atoms with Gasteiger partial charge in [0.25, 0.3) is 5.69 Å². The van der Waals surface area contributed by atoms with E-state index in [1.165, 1.54) is 24.3 Å². The lowest BCUT2D eigenvalue weighted by molar-refractivity contribution is -0.384. The van der Waals surface area contributed by atoms with Crippen LogP contribution in [0.15, 0.2) is 68.8 Å². The minimum atomic E-state index is -0.474. The largest absolute Gasteiger partial charge is 0.422 e. The highest BCUT2D eigenvalue weighted by atomic mass is 16.6. The molecule has 0 radical (unpaired) electrons. The number of para-hydroxylation sites is 1. The van der Waals surface area contributed by atoms with E-state index in [1.54, 1.807) is 25.1 Å². The summed E-state index contributed by atoms with van der Waals surface area (Å²) in [4.78, 5) is 26.6. The second-order valence-corrected chi connectivity index (χ2v) is 4.96. The second-order valence-electron chi connectivity index (χ2n) is 4.96. The van der Waals surface area contributed by atoms with Crippen LogP contribution in [0.25, 0.3) is 11.0 Å². The maximum Gasteiger partial charge on any atom is 0.345 e. The lowest BCUT2D eigenvalue weighted by Gasteiger charge is -2.02. The van der Waals surface area contributed by atoms with E-state index < -0.39 is 10.5 Å². The Morgan fingerprint density at radius 3 is 2.52 bits per heavy atom. The van der Waals surface area contributed by atoms with Gasteiger partial charge in [-0.05, 0) is 31.2 Å². The van der Waals surface area contributed by atoms with Crippen LogP contribution >= 0.6 is 0 Å². The average Bonchev–Trinajstić information content (AvgIpc) is 2.54. The van der Waals surface area contributed by atoms with Crippen LogP contribution in [0.1, 0.15) is 12.5 Å². The minimum absolute atomic E-state index is 0.00757. The molecule has 6 nitrogen and oxygen atoms in total. The van der Waals surface area contributed by atoms with Crippen molar-refractivity contribution in [3.8, 4) is 0 Å². The van der Waals surface area contributed by atoms with Gasteiger partial charge in [0.1, 0.15) is 5.58 Å². The third kappa shape index (κ3) is 3.01. The number of aliphatic imine (C=N–C) groups is 1. The van der Waals surface area contributed by atoms with E-state index in [0.29, 0.717) is 22.5 Å². The van der Waals surface area contributed by atoms with Crippen LogP contribution in [0.3, 0.4) is 0 Å². The Balaban J connectivity index is 2.02. The van der Waals surface area contributed by atoms with Crippen LogP contribution in [0.5, 0.6) is 0 Å². The predicted molar refractivity (Wildman–Crippen MR) is 87.5 cm³/mol. The Hall–Kier alpha value is -3.28. The quantitative estimate of drug-likeness (QED) is 0.318. The summed E-state index contributed by atoms with van der Waals surface area (Å²) in [6.45, 7) is 1.70. The molecule has 2 aromatic carbocycles. The summed E-state index contributed by atoms with van der Waals surface area (Å²) in [7, 11) is 0. The van der Waals surface area contributed by atoms with Crippen molar-refractivity contribution in [1.82, 2.24) is 0 Å². The molecule has 0 aliphatic heterocycles. The Kier molecular flexibility index (Phi) is 3.72. The summed E-state index contributed by atoms with van der Waals surface area (Å²) in [5.74, 6) is 0. The van der Waals surface area contributed by atoms with Gasteiger partial charge in [-0.25, -0.2) is 4.79 Å². The summed E-state index contributed by atoms with van der Waals surface area (Å²) in [6, 6.07) is 14.8. The van der Waals surface area contributed by atoms with Gasteiger partial charge in [0.05, 0.1) is 21.9 Å². The molecule has 0 aliphatic carbocycles. The summed E-state index contributed by atoms with van der Waals surface area (Å²) in [6.07, 6.45) is 0. The molecule has 0 aliphatic rings. The lowest BCUT2D eigenvalue weighted by Crippen LogP contribution is -2.11. The molecule has 23 heavy (non-hydrogen) atoms. The summed E-state index contributed by atoms with van der Waals surface area (Å²) >= 11 is 0. The van der Waals surface area contributed by atoms with Gasteiger partial charge in [-0.1, -0.05) is 18.2 Å². The van der Waals surface area contributed by atoms with E-state index in [1.807, 2.05) is 12.1 Å². The number of nitro benzene ring substituents is 1. The molecular formula is C17H12N2O4. The van der Waals surface area contributed by atoms with Crippen molar-refractivity contribution in [2.75, 3.05) is 0 Å². The Morgan fingerprint density at radius 1 is 1.13 bits per heavy atom. The molecule has 0 N–H and O–H groups in total. The molecule has 6 heteroatoms. The zero-order chi connectivity index (χ0) is 16.4. The van der Waals surface area contributed by atoms with E-state index in [4.69, 9.17) is 4.42 Å². The molecule has 0 spiro atoms. The third-order valence-electron chi connectivity index (χ3n) is 3.39. The number of hydrogen-bond acceptors (Lipinski definition) is 5. The first-order valence-corrected chi connectivity index (χ1v) is 6.87. The topological polar surface area (TPSA) is 85.7 Å². The van der Waals surface area contributed by atoms with Crippen molar-refractivity contribution in [2.24, 2.45) is 4.99 Å². The van der Waals surface area contributed by atoms with E-state index in [2.05, 4.69) is 4.99 Å². The number of hydrogen-bond donors (Lipinski definition) is 0. The lowest BCUT2D eigenvalue weighted by atomic mass is 10.1. The zero-order valence-electron chi connectivity index (χ0n) is 12.2. The zero-order valence-corrected chi connectivity index (χ0v) is 12.2. The van der Waals surface area contributed by atoms with Crippen LogP contribution in [0.2, 0.25) is 0 Å². The van der Waals surface area contributed by atoms with Gasteiger partial charge in [-0.3, -0.25) is 15.1 Å². The van der Waals surface area contributed by atoms with Crippen LogP contribution in [0, 0.1) is 10.1 Å². The van der Waals surface area contributed by atoms with Crippen LogP contribution in [-0.2, 0) is 0 Å². The van der Waals surface area contributed by atoms with E-state index in [-0.39, 0.29) is 5.69 Å². The van der Waals surface area contributed by atoms with E-state index in [0.717, 1.165) is 5.39 Å². The smallest absolute Gasteiger partial charge is 0.345 e. The molecule has 0 saturated heterocycles. The molecular weight excluding hydrogens is 296 g/mol. The Labute approximate surface area is 130 Å². The van der Waals surface area contributed by atoms with Crippen molar-refractivity contribution in [3.63, 3.8) is 0 Å². The van der Waals surface area contributed by atoms with Gasteiger partial charge < -0.3 is 4.42 Å². The number of benzene rings is 2. The number of fused-ring (bicyclic) bond motifs is 1. The SMILES string of the molecule is CC(=Nc1ccc([N+](=O)[O-])cc1)c1cc2ccccc2oc1=O. The monoisotopic (exact) mass is 308 g/mol. The Morgan fingerprint density at radius 2 is 1.83 bits per heavy atom. The molecule has 1 aromatic heterocycles. The van der Waals surface area contributed by atoms with Crippen LogP contribution in [-0.4, -0.2) is 10.6 Å². The molecule has 0 saturated carbocycles. The van der Waals surface area contributed by atoms with Gasteiger partial charge in [0, 0.05) is 17.5 Å². The number of rotatable bonds is 3. The summed E-state index contributed by atoms with van der Waals surface area (Å²) in [5, 5.41) is 11.4. The molecule has 0 atom stereocenters. The molecule has 0 amide bonds. The van der Waals surface area contributed by atoms with Crippen LogP contribution < -0.4 is 5.63 Å². The van der Waals surface area contributed by atoms with Crippen molar-refractivity contribution in [1.29, 1.82) is 0 Å². The molecule has 114 valence electrons. The maximum absolute atomic E-state index is 12.1. The van der Waals surface area contributed by atoms with Crippen molar-refractivity contribution in [2.45, 2.75) is 6.92 Å². The number of nitro groups is 1. The fraction of sp³-hybridized carbons (Fsp3) is 0.0588. The Bertz CT molecular complexity index is 972. The first-order valence-electron chi connectivity index (χ1n) is 6.87. The van der Waals surface area contributed by atoms with Crippen LogP contribution in [0.4, 0.5) is 11.4 Å². The number of nitrogens with zero attached hydrogens (tertiary/aromatic N) is 2. The molecule has 0 unspecified atom stereocenters. The molecule has 1 heterocycles. The van der Waals surface area contributed by atoms with Crippen molar-refractivity contribution in [3.05, 3.63) is 80.7 Å². The minimum Gasteiger partial charge on any atom is -0.422 e. The number of non-ortho nitro benzene ring substituents is 1. The first-order chi connectivity index (χ1) is 11.0. The normalized spacial score (nSPS) is 11.6. The highest BCUT2D eigenvalue weighted by Crippen LogP contribution is 2.19. The van der Waals surface area contributed by atoms with Gasteiger partial charge in [0.15, 0.2) is 0 Å². The van der Waals surface area contributed by atoms with Gasteiger partial charge in [-0.2, -0.15) is 0 Å². The van der Waals surface area contributed by atoms with Crippen molar-refractivity contribution < 1.29 is 9.34 Å². The van der Waals surface area contributed by atoms with Gasteiger partial charge in [0.2, 0.25) is 0 Å². The second kappa shape index (κ2) is 5.84. The predicted octanol–water partition coefficient (Wildman–Crippen LogP) is 3.84. The standard InChI is InChI=1S/C17H12N2O4/c1-11(18-13-6-8-14(9-7-13)19(21)22)15-10-12-4-2-3-5-16(12)23-17(15)20/h2-10H,1H3. The molecule has 3 rings (SSSR count). The molecule has 0 bridgehead atoms. The molecule has 3 aromatic rings. The first kappa shape index (κ1) is 14.6. The summed E-state index contributed by atoms with van der Waals surface area (Å²) < 4.78 is 5.28. The third-order valence-corrected chi connectivity index (χ3v) is 3.39. The van der Waals surface area contributed by atoms with E-state index in [9.17, 15) is 14.9 Å². The molecule has 0 fully saturated rings. The highest BCUT2D eigenvalue weighted by molar-refractivity contribution is 6.01. The fourth-order valence-electron chi connectivity index (χ4n) is 2.22. The maximum atomic E-state index is 12.1.